The van der Waals surface area contributed by atoms with Crippen LogP contribution in [-0.4, -0.2) is 11.7 Å². The number of fused-ring (bicyclic) bond motifs is 4. The summed E-state index contributed by atoms with van der Waals surface area (Å²) in [5, 5.41) is 8.25. The lowest BCUT2D eigenvalue weighted by Gasteiger charge is -2.25. The van der Waals surface area contributed by atoms with Crippen LogP contribution >= 0.6 is 0 Å². The molecule has 1 unspecified atom stereocenters. The van der Waals surface area contributed by atoms with Gasteiger partial charge in [-0.3, -0.25) is 0 Å². The number of para-hydroxylation sites is 1. The van der Waals surface area contributed by atoms with Crippen molar-refractivity contribution in [3.05, 3.63) is 205 Å². The largest absolute Gasteiger partial charge is 0.456 e. The Morgan fingerprint density at radius 2 is 0.943 bits per heavy atom. The molecule has 4 nitrogen and oxygen atoms in total. The van der Waals surface area contributed by atoms with Gasteiger partial charge in [0, 0.05) is 27.5 Å². The van der Waals surface area contributed by atoms with E-state index >= 15 is 0 Å². The van der Waals surface area contributed by atoms with Gasteiger partial charge in [0.1, 0.15) is 23.2 Å². The number of furan rings is 1. The number of benzene rings is 8. The van der Waals surface area contributed by atoms with Crippen LogP contribution in [0.4, 0.5) is 0 Å². The van der Waals surface area contributed by atoms with Crippen LogP contribution in [0.2, 0.25) is 0 Å². The first kappa shape index (κ1) is 30.8. The monoisotopic (exact) mass is 679 g/mol. The second kappa shape index (κ2) is 12.9. The third-order valence-electron chi connectivity index (χ3n) is 10.2. The van der Waals surface area contributed by atoms with Crippen molar-refractivity contribution in [1.29, 1.82) is 0 Å². The minimum absolute atomic E-state index is 0.440. The summed E-state index contributed by atoms with van der Waals surface area (Å²) in [4.78, 5) is 10.4. The molecule has 0 spiro atoms. The minimum Gasteiger partial charge on any atom is -0.456 e. The number of aliphatic imine (C=N–C) groups is 2. The fourth-order valence-electron chi connectivity index (χ4n) is 7.60. The maximum absolute atomic E-state index is 6.62. The molecule has 2 heterocycles. The van der Waals surface area contributed by atoms with E-state index in [4.69, 9.17) is 14.4 Å². The molecule has 0 aliphatic carbocycles. The molecule has 1 aromatic heterocycles. The summed E-state index contributed by atoms with van der Waals surface area (Å²) in [6.07, 6.45) is -0.440. The molecule has 0 radical (unpaired) electrons. The van der Waals surface area contributed by atoms with Crippen molar-refractivity contribution < 1.29 is 4.42 Å². The lowest BCUT2D eigenvalue weighted by Crippen LogP contribution is -2.33. The van der Waals surface area contributed by atoms with Gasteiger partial charge in [-0.2, -0.15) is 0 Å². The summed E-state index contributed by atoms with van der Waals surface area (Å²) in [6, 6.07) is 65.7. The van der Waals surface area contributed by atoms with E-state index in [1.807, 2.05) is 36.4 Å². The van der Waals surface area contributed by atoms with Crippen molar-refractivity contribution in [2.75, 3.05) is 0 Å². The quantitative estimate of drug-likeness (QED) is 0.190. The van der Waals surface area contributed by atoms with Crippen LogP contribution in [0.25, 0.3) is 66.1 Å². The van der Waals surface area contributed by atoms with Crippen LogP contribution in [0.1, 0.15) is 22.9 Å². The molecule has 1 aliphatic heterocycles. The summed E-state index contributed by atoms with van der Waals surface area (Å²) in [5.74, 6) is 1.45. The van der Waals surface area contributed by atoms with E-state index in [9.17, 15) is 0 Å². The average Bonchev–Trinajstić information content (AvgIpc) is 3.62. The highest BCUT2D eigenvalue weighted by molar-refractivity contribution is 6.15. The van der Waals surface area contributed by atoms with Gasteiger partial charge >= 0.3 is 0 Å². The Kier molecular flexibility index (Phi) is 7.51. The van der Waals surface area contributed by atoms with E-state index in [2.05, 4.69) is 157 Å². The molecule has 0 saturated carbocycles. The Labute approximate surface area is 307 Å². The zero-order valence-corrected chi connectivity index (χ0v) is 28.8. The third kappa shape index (κ3) is 5.58. The lowest BCUT2D eigenvalue weighted by atomic mass is 9.90. The molecule has 0 bridgehead atoms. The van der Waals surface area contributed by atoms with Crippen LogP contribution in [0.5, 0.6) is 0 Å². The van der Waals surface area contributed by atoms with Gasteiger partial charge in [0.2, 0.25) is 0 Å². The summed E-state index contributed by atoms with van der Waals surface area (Å²) >= 11 is 0. The Hall–Kier alpha value is -7.04. The zero-order chi connectivity index (χ0) is 35.1. The number of nitrogens with zero attached hydrogens (tertiary/aromatic N) is 2. The van der Waals surface area contributed by atoms with Gasteiger partial charge in [-0.15, -0.1) is 0 Å². The summed E-state index contributed by atoms with van der Waals surface area (Å²) in [7, 11) is 0. The highest BCUT2D eigenvalue weighted by Crippen LogP contribution is 2.42. The Bertz CT molecular complexity index is 2840. The number of rotatable bonds is 6. The summed E-state index contributed by atoms with van der Waals surface area (Å²) in [5.41, 5.74) is 11.6. The van der Waals surface area contributed by atoms with Crippen LogP contribution in [0.15, 0.2) is 202 Å². The van der Waals surface area contributed by atoms with Gasteiger partial charge in [-0.1, -0.05) is 170 Å². The van der Waals surface area contributed by atoms with Crippen molar-refractivity contribution in [2.24, 2.45) is 9.98 Å². The number of nitrogens with one attached hydrogen (secondary N) is 1. The molecule has 1 N–H and O–H groups in total. The Morgan fingerprint density at radius 3 is 1.62 bits per heavy atom. The molecule has 1 aliphatic rings. The van der Waals surface area contributed by atoms with E-state index in [1.165, 1.54) is 27.5 Å². The smallest absolute Gasteiger partial charge is 0.159 e. The molecule has 10 rings (SSSR count). The van der Waals surface area contributed by atoms with Gasteiger partial charge in [-0.05, 0) is 62.4 Å². The number of amidine groups is 2. The van der Waals surface area contributed by atoms with E-state index in [1.54, 1.807) is 0 Å². The molecule has 4 heteroatoms. The molecular weight excluding hydrogens is 647 g/mol. The maximum Gasteiger partial charge on any atom is 0.159 e. The fourth-order valence-corrected chi connectivity index (χ4v) is 7.60. The third-order valence-corrected chi connectivity index (χ3v) is 10.2. The van der Waals surface area contributed by atoms with Crippen molar-refractivity contribution in [3.63, 3.8) is 0 Å². The van der Waals surface area contributed by atoms with E-state index in [0.29, 0.717) is 5.84 Å². The summed E-state index contributed by atoms with van der Waals surface area (Å²) in [6.45, 7) is 0. The van der Waals surface area contributed by atoms with Crippen LogP contribution in [0.3, 0.4) is 0 Å². The molecule has 1 atom stereocenters. The second-order valence-electron chi connectivity index (χ2n) is 13.4. The highest BCUT2D eigenvalue weighted by Gasteiger charge is 2.26. The first-order valence-corrected chi connectivity index (χ1v) is 17.9. The van der Waals surface area contributed by atoms with Gasteiger partial charge in [0.25, 0.3) is 0 Å². The fraction of sp³-hybridized carbons (Fsp3) is 0.0204. The topological polar surface area (TPSA) is 49.9 Å². The first-order valence-electron chi connectivity index (χ1n) is 17.9. The molecule has 0 fully saturated rings. The molecule has 0 amide bonds. The lowest BCUT2D eigenvalue weighted by molar-refractivity contribution is 0.662. The van der Waals surface area contributed by atoms with Crippen LogP contribution < -0.4 is 5.32 Å². The zero-order valence-electron chi connectivity index (χ0n) is 28.8. The standard InChI is InChI=1S/C49H33N3O/c1-4-14-32(15-5-1)33-24-26-36(27-25-33)48-50-47(35-18-8-3-9-19-35)51-49(52-48)43-30-37(31-45-46(43)42-22-12-13-23-44(42)53-45)39-29-28-38(34-16-6-2-7-17-34)40-20-10-11-21-41(39)40/h1-31,49H,(H,50,51,52). The van der Waals surface area contributed by atoms with Crippen molar-refractivity contribution in [2.45, 2.75) is 6.17 Å². The first-order chi connectivity index (χ1) is 26.3. The SMILES string of the molecule is c1ccc(C2=NC(c3cc(-c4ccc(-c5ccccc5)c5ccccc45)cc4oc5ccccc5c34)NC(c3ccc(-c4ccccc4)cc3)=N2)cc1. The molecular formula is C49H33N3O. The summed E-state index contributed by atoms with van der Waals surface area (Å²) < 4.78 is 6.62. The molecule has 8 aromatic carbocycles. The average molecular weight is 680 g/mol. The number of hydrogen-bond acceptors (Lipinski definition) is 4. The molecule has 0 saturated heterocycles. The van der Waals surface area contributed by atoms with Gasteiger partial charge in [0.05, 0.1) is 0 Å². The minimum atomic E-state index is -0.440. The van der Waals surface area contributed by atoms with Gasteiger partial charge < -0.3 is 9.73 Å². The Balaban J connectivity index is 1.16. The van der Waals surface area contributed by atoms with Crippen molar-refractivity contribution in [1.82, 2.24) is 5.32 Å². The normalized spacial score (nSPS) is 14.2. The van der Waals surface area contributed by atoms with Crippen LogP contribution in [0, 0.1) is 0 Å². The van der Waals surface area contributed by atoms with E-state index < -0.39 is 6.17 Å². The van der Waals surface area contributed by atoms with Crippen molar-refractivity contribution in [3.8, 4) is 33.4 Å². The van der Waals surface area contributed by atoms with Gasteiger partial charge in [0.15, 0.2) is 5.84 Å². The maximum atomic E-state index is 6.62. The second-order valence-corrected chi connectivity index (χ2v) is 13.4. The molecule has 53 heavy (non-hydrogen) atoms. The molecule has 250 valence electrons. The van der Waals surface area contributed by atoms with Gasteiger partial charge in [-0.25, -0.2) is 9.98 Å². The van der Waals surface area contributed by atoms with Crippen molar-refractivity contribution >= 4 is 44.4 Å². The molecule has 9 aromatic rings. The van der Waals surface area contributed by atoms with E-state index in [0.717, 1.165) is 61.2 Å². The Morgan fingerprint density at radius 1 is 0.415 bits per heavy atom. The predicted octanol–water partition coefficient (Wildman–Crippen LogP) is 12.2. The highest BCUT2D eigenvalue weighted by atomic mass is 16.3. The van der Waals surface area contributed by atoms with E-state index in [-0.39, 0.29) is 0 Å². The van der Waals surface area contributed by atoms with Crippen LogP contribution in [-0.2, 0) is 0 Å². The number of hydrogen-bond donors (Lipinski definition) is 1. The predicted molar refractivity (Wildman–Crippen MR) is 219 cm³/mol.